The molecule has 114 valence electrons. The van der Waals surface area contributed by atoms with Gasteiger partial charge in [-0.05, 0) is 7.05 Å². The van der Waals surface area contributed by atoms with E-state index < -0.39 is 0 Å². The van der Waals surface area contributed by atoms with Crippen molar-refractivity contribution in [1.82, 2.24) is 10.6 Å². The highest BCUT2D eigenvalue weighted by molar-refractivity contribution is 7.99. The number of hydrogen-bond donors (Lipinski definition) is 3. The highest BCUT2D eigenvalue weighted by Crippen LogP contribution is 2.08. The van der Waals surface area contributed by atoms with E-state index in [0.29, 0.717) is 5.75 Å². The number of ketones is 2. The second-order valence-corrected chi connectivity index (χ2v) is 6.61. The number of Topliss-reactive ketones (excluding diaryl/α,β-unsaturated/α-hetero) is 2. The number of carbonyl (C=O) groups excluding carboxylic acids is 2. The van der Waals surface area contributed by atoms with Crippen molar-refractivity contribution in [2.75, 3.05) is 43.1 Å². The zero-order valence-corrected chi connectivity index (χ0v) is 13.4. The minimum absolute atomic E-state index is 0.00750. The third kappa shape index (κ3) is 6.41. The topological polar surface area (TPSA) is 84.2 Å². The molecule has 0 fully saturated rings. The Morgan fingerprint density at radius 3 is 2.65 bits per heavy atom. The second kappa shape index (κ2) is 10.4. The summed E-state index contributed by atoms with van der Waals surface area (Å²) in [5.41, 5.74) is 5.42. The van der Waals surface area contributed by atoms with Crippen molar-refractivity contribution in [3.63, 3.8) is 0 Å². The van der Waals surface area contributed by atoms with E-state index in [9.17, 15) is 9.59 Å². The SMILES string of the molecule is CN[C@H]1CSC/C=C/CSC[C@@H](C(=O)CN)NCC1=O. The first-order valence-corrected chi connectivity index (χ1v) is 8.96. The summed E-state index contributed by atoms with van der Waals surface area (Å²) in [4.78, 5) is 23.9. The van der Waals surface area contributed by atoms with E-state index in [1.807, 2.05) is 0 Å². The van der Waals surface area contributed by atoms with Gasteiger partial charge in [-0.1, -0.05) is 12.2 Å². The van der Waals surface area contributed by atoms with E-state index in [4.69, 9.17) is 5.73 Å². The fourth-order valence-corrected chi connectivity index (χ4v) is 3.68. The Balaban J connectivity index is 2.66. The number of likely N-dealkylation sites (N-methyl/N-ethyl adjacent to an activating group) is 1. The van der Waals surface area contributed by atoms with Crippen LogP contribution in [0.2, 0.25) is 0 Å². The Morgan fingerprint density at radius 1 is 1.40 bits per heavy atom. The summed E-state index contributed by atoms with van der Waals surface area (Å²) in [5, 5.41) is 6.08. The molecule has 0 aromatic carbocycles. The molecule has 4 N–H and O–H groups in total. The zero-order valence-electron chi connectivity index (χ0n) is 11.8. The molecular weight excluding hydrogens is 294 g/mol. The fraction of sp³-hybridized carbons (Fsp3) is 0.692. The molecule has 1 aliphatic heterocycles. The van der Waals surface area contributed by atoms with Crippen molar-refractivity contribution in [3.8, 4) is 0 Å². The smallest absolute Gasteiger partial charge is 0.164 e. The molecule has 0 unspecified atom stereocenters. The van der Waals surface area contributed by atoms with Crippen LogP contribution in [-0.4, -0.2) is 66.8 Å². The van der Waals surface area contributed by atoms with Crippen LogP contribution in [0.1, 0.15) is 0 Å². The van der Waals surface area contributed by atoms with E-state index in [1.54, 1.807) is 30.6 Å². The van der Waals surface area contributed by atoms with E-state index in [0.717, 1.165) is 17.3 Å². The van der Waals surface area contributed by atoms with Crippen LogP contribution in [0.15, 0.2) is 12.2 Å². The van der Waals surface area contributed by atoms with Crippen LogP contribution in [0, 0.1) is 0 Å². The van der Waals surface area contributed by atoms with E-state index >= 15 is 0 Å². The molecule has 5 nitrogen and oxygen atoms in total. The largest absolute Gasteiger partial charge is 0.324 e. The molecule has 1 heterocycles. The first-order chi connectivity index (χ1) is 9.69. The van der Waals surface area contributed by atoms with Crippen molar-refractivity contribution in [3.05, 3.63) is 12.2 Å². The van der Waals surface area contributed by atoms with E-state index in [-0.39, 0.29) is 36.7 Å². The minimum atomic E-state index is -0.340. The molecular formula is C13H23N3O2S2. The van der Waals surface area contributed by atoms with Gasteiger partial charge < -0.3 is 11.1 Å². The lowest BCUT2D eigenvalue weighted by atomic mass is 10.1. The minimum Gasteiger partial charge on any atom is -0.324 e. The van der Waals surface area contributed by atoms with Crippen molar-refractivity contribution in [2.24, 2.45) is 5.73 Å². The van der Waals surface area contributed by atoms with Gasteiger partial charge >= 0.3 is 0 Å². The molecule has 0 saturated heterocycles. The molecule has 0 aliphatic carbocycles. The van der Waals surface area contributed by atoms with Crippen LogP contribution >= 0.6 is 23.5 Å². The number of nitrogens with two attached hydrogens (primary N) is 1. The monoisotopic (exact) mass is 317 g/mol. The summed E-state index contributed by atoms with van der Waals surface area (Å²) in [6.07, 6.45) is 4.22. The maximum atomic E-state index is 12.1. The Kier molecular flexibility index (Phi) is 9.21. The van der Waals surface area contributed by atoms with Gasteiger partial charge in [0.25, 0.3) is 0 Å². The van der Waals surface area contributed by atoms with Gasteiger partial charge in [0.1, 0.15) is 0 Å². The molecule has 0 bridgehead atoms. The van der Waals surface area contributed by atoms with Crippen molar-refractivity contribution < 1.29 is 9.59 Å². The molecule has 20 heavy (non-hydrogen) atoms. The number of thioether (sulfide) groups is 2. The fourth-order valence-electron chi connectivity index (χ4n) is 1.74. The second-order valence-electron chi connectivity index (χ2n) is 4.46. The maximum absolute atomic E-state index is 12.1. The highest BCUT2D eigenvalue weighted by atomic mass is 32.2. The Morgan fingerprint density at radius 2 is 2.05 bits per heavy atom. The van der Waals surface area contributed by atoms with Crippen LogP contribution in [0.5, 0.6) is 0 Å². The summed E-state index contributed by atoms with van der Waals surface area (Å²) in [6.45, 7) is 0.212. The standard InChI is InChI=1S/C13H23N3O2S2/c1-15-10-8-19-4-2-3-5-20-9-11(12(17)6-14)16-7-13(10)18/h2-3,10-11,15-16H,4-9,14H2,1H3/b3-2+/t10-,11-/m0/s1. The van der Waals surface area contributed by atoms with Crippen molar-refractivity contribution >= 4 is 35.1 Å². The predicted octanol–water partition coefficient (Wildman–Crippen LogP) is -0.334. The molecule has 0 spiro atoms. The molecule has 2 atom stereocenters. The lowest BCUT2D eigenvalue weighted by molar-refractivity contribution is -0.121. The normalized spacial score (nSPS) is 28.0. The van der Waals surface area contributed by atoms with Crippen LogP contribution < -0.4 is 16.4 Å². The molecule has 7 heteroatoms. The summed E-state index contributed by atoms with van der Waals surface area (Å²) in [7, 11) is 1.79. The van der Waals surface area contributed by atoms with Gasteiger partial charge in [0.05, 0.1) is 25.2 Å². The summed E-state index contributed by atoms with van der Waals surface area (Å²) < 4.78 is 0. The number of rotatable bonds is 3. The zero-order chi connectivity index (χ0) is 14.8. The molecule has 0 amide bonds. The lowest BCUT2D eigenvalue weighted by Gasteiger charge is -2.18. The van der Waals surface area contributed by atoms with Crippen LogP contribution in [0.4, 0.5) is 0 Å². The van der Waals surface area contributed by atoms with Gasteiger partial charge in [-0.15, -0.1) is 0 Å². The number of carbonyl (C=O) groups is 2. The lowest BCUT2D eigenvalue weighted by Crippen LogP contribution is -2.48. The van der Waals surface area contributed by atoms with Gasteiger partial charge in [-0.25, -0.2) is 0 Å². The van der Waals surface area contributed by atoms with Gasteiger partial charge in [-0.3, -0.25) is 14.9 Å². The average Bonchev–Trinajstić information content (AvgIpc) is 2.48. The number of hydrogen-bond acceptors (Lipinski definition) is 7. The summed E-state index contributed by atoms with van der Waals surface area (Å²) >= 11 is 3.40. The third-order valence-electron chi connectivity index (χ3n) is 3.01. The molecule has 0 saturated carbocycles. The predicted molar refractivity (Wildman–Crippen MR) is 87.5 cm³/mol. The molecule has 1 rings (SSSR count). The van der Waals surface area contributed by atoms with Crippen LogP contribution in [0.3, 0.4) is 0 Å². The first kappa shape index (κ1) is 17.7. The Labute approximate surface area is 128 Å². The Bertz CT molecular complexity index is 351. The highest BCUT2D eigenvalue weighted by Gasteiger charge is 2.21. The van der Waals surface area contributed by atoms with Crippen LogP contribution in [0.25, 0.3) is 0 Å². The van der Waals surface area contributed by atoms with E-state index in [2.05, 4.69) is 22.8 Å². The molecule has 0 aromatic rings. The van der Waals surface area contributed by atoms with Gasteiger partial charge in [-0.2, -0.15) is 23.5 Å². The Hall–Kier alpha value is -0.340. The van der Waals surface area contributed by atoms with Crippen LogP contribution in [-0.2, 0) is 9.59 Å². The molecule has 0 aromatic heterocycles. The molecule has 1 aliphatic rings. The summed E-state index contributed by atoms with van der Waals surface area (Å²) in [5.74, 6) is 3.21. The van der Waals surface area contributed by atoms with Crippen molar-refractivity contribution in [2.45, 2.75) is 12.1 Å². The third-order valence-corrected chi connectivity index (χ3v) is 5.01. The van der Waals surface area contributed by atoms with Gasteiger partial charge in [0, 0.05) is 23.0 Å². The maximum Gasteiger partial charge on any atom is 0.164 e. The van der Waals surface area contributed by atoms with Crippen molar-refractivity contribution in [1.29, 1.82) is 0 Å². The van der Waals surface area contributed by atoms with E-state index in [1.165, 1.54) is 0 Å². The average molecular weight is 317 g/mol. The van der Waals surface area contributed by atoms with Gasteiger partial charge in [0.15, 0.2) is 11.6 Å². The quantitative estimate of drug-likeness (QED) is 0.614. The van der Waals surface area contributed by atoms with Gasteiger partial charge in [0.2, 0.25) is 0 Å². The molecule has 0 radical (unpaired) electrons. The first-order valence-electron chi connectivity index (χ1n) is 6.65. The number of nitrogens with one attached hydrogen (secondary N) is 2. The summed E-state index contributed by atoms with van der Waals surface area (Å²) in [6, 6.07) is -0.517.